The van der Waals surface area contributed by atoms with Crippen LogP contribution in [0.5, 0.6) is 17.2 Å². The van der Waals surface area contributed by atoms with Crippen LogP contribution in [0.15, 0.2) is 12.1 Å². The average Bonchev–Trinajstić information content (AvgIpc) is 2.74. The minimum atomic E-state index is -0.851. The van der Waals surface area contributed by atoms with Gasteiger partial charge in [-0.2, -0.15) is 0 Å². The molecule has 17 heavy (non-hydrogen) atoms. The lowest BCUT2D eigenvalue weighted by Gasteiger charge is -2.16. The maximum atomic E-state index is 10.8. The van der Waals surface area contributed by atoms with Crippen molar-refractivity contribution in [2.75, 3.05) is 13.9 Å². The van der Waals surface area contributed by atoms with E-state index in [9.17, 15) is 4.79 Å². The lowest BCUT2D eigenvalue weighted by atomic mass is 9.95. The van der Waals surface area contributed by atoms with Crippen molar-refractivity contribution in [1.29, 1.82) is 0 Å². The van der Waals surface area contributed by atoms with Crippen LogP contribution in [-0.2, 0) is 4.79 Å². The van der Waals surface area contributed by atoms with E-state index in [2.05, 4.69) is 0 Å². The summed E-state index contributed by atoms with van der Waals surface area (Å²) in [4.78, 5) is 10.8. The Kier molecular flexibility index (Phi) is 3.08. The quantitative estimate of drug-likeness (QED) is 0.869. The van der Waals surface area contributed by atoms with Crippen LogP contribution < -0.4 is 14.2 Å². The van der Waals surface area contributed by atoms with Crippen LogP contribution in [0.25, 0.3) is 0 Å². The van der Waals surface area contributed by atoms with E-state index in [1.165, 1.54) is 0 Å². The summed E-state index contributed by atoms with van der Waals surface area (Å²) in [5.41, 5.74) is 0.755. The molecule has 0 aromatic heterocycles. The number of carboxylic acids is 1. The third-order valence-corrected chi connectivity index (χ3v) is 2.73. The minimum absolute atomic E-state index is 0.0240. The van der Waals surface area contributed by atoms with E-state index in [4.69, 9.17) is 19.3 Å². The number of carboxylic acid groups (broad SMARTS) is 1. The second-order valence-corrected chi connectivity index (χ2v) is 3.91. The second kappa shape index (κ2) is 4.53. The zero-order valence-electron chi connectivity index (χ0n) is 9.73. The third-order valence-electron chi connectivity index (χ3n) is 2.73. The molecule has 1 aliphatic heterocycles. The molecule has 92 valence electrons. The van der Waals surface area contributed by atoms with Crippen LogP contribution in [0.1, 0.15) is 24.8 Å². The Balaban J connectivity index is 2.42. The van der Waals surface area contributed by atoms with Crippen molar-refractivity contribution in [3.63, 3.8) is 0 Å². The van der Waals surface area contributed by atoms with E-state index in [0.29, 0.717) is 17.2 Å². The molecule has 0 saturated heterocycles. The Labute approximate surface area is 98.9 Å². The molecule has 0 spiro atoms. The molecule has 1 unspecified atom stereocenters. The first-order valence-electron chi connectivity index (χ1n) is 5.31. The molecule has 0 radical (unpaired) electrons. The molecule has 1 atom stereocenters. The Morgan fingerprint density at radius 2 is 2.29 bits per heavy atom. The molecule has 0 amide bonds. The number of fused-ring (bicyclic) bond motifs is 1. The van der Waals surface area contributed by atoms with Crippen LogP contribution in [0.3, 0.4) is 0 Å². The van der Waals surface area contributed by atoms with E-state index in [0.717, 1.165) is 5.56 Å². The van der Waals surface area contributed by atoms with Crippen LogP contribution in [-0.4, -0.2) is 25.0 Å². The van der Waals surface area contributed by atoms with E-state index in [1.54, 1.807) is 19.2 Å². The van der Waals surface area contributed by atoms with Gasteiger partial charge in [-0.05, 0) is 18.1 Å². The summed E-state index contributed by atoms with van der Waals surface area (Å²) in [6.45, 7) is 1.99. The van der Waals surface area contributed by atoms with E-state index in [-0.39, 0.29) is 19.1 Å². The van der Waals surface area contributed by atoms with Crippen molar-refractivity contribution in [1.82, 2.24) is 0 Å². The SMILES string of the molecule is COc1ccc2c(c1C(C)CC(=O)O)OCO2. The fraction of sp³-hybridized carbons (Fsp3) is 0.417. The predicted octanol–water partition coefficient (Wildman–Crippen LogP) is 2.00. The first-order chi connectivity index (χ1) is 8.13. The fourth-order valence-corrected chi connectivity index (χ4v) is 1.98. The lowest BCUT2D eigenvalue weighted by molar-refractivity contribution is -0.137. The van der Waals surface area contributed by atoms with Gasteiger partial charge in [-0.15, -0.1) is 0 Å². The molecule has 2 rings (SSSR count). The highest BCUT2D eigenvalue weighted by Crippen LogP contribution is 2.45. The van der Waals surface area contributed by atoms with Gasteiger partial charge in [0.2, 0.25) is 6.79 Å². The van der Waals surface area contributed by atoms with Crippen molar-refractivity contribution in [2.24, 2.45) is 0 Å². The third kappa shape index (κ3) is 2.13. The summed E-state index contributed by atoms with van der Waals surface area (Å²) in [6.07, 6.45) is 0.0240. The summed E-state index contributed by atoms with van der Waals surface area (Å²) in [6, 6.07) is 3.53. The number of rotatable bonds is 4. The van der Waals surface area contributed by atoms with Crippen molar-refractivity contribution >= 4 is 5.97 Å². The van der Waals surface area contributed by atoms with Crippen molar-refractivity contribution in [3.05, 3.63) is 17.7 Å². The molecular formula is C12H14O5. The topological polar surface area (TPSA) is 65.0 Å². The summed E-state index contributed by atoms with van der Waals surface area (Å²) >= 11 is 0. The molecule has 1 aromatic carbocycles. The van der Waals surface area contributed by atoms with Gasteiger partial charge < -0.3 is 19.3 Å². The minimum Gasteiger partial charge on any atom is -0.496 e. The normalized spacial score (nSPS) is 14.5. The number of aliphatic carboxylic acids is 1. The molecule has 1 aliphatic rings. The smallest absolute Gasteiger partial charge is 0.303 e. The van der Waals surface area contributed by atoms with Gasteiger partial charge in [0, 0.05) is 5.56 Å². The summed E-state index contributed by atoms with van der Waals surface area (Å²) < 4.78 is 15.9. The standard InChI is InChI=1S/C12H14O5/c1-7(5-10(13)14)11-8(15-2)3-4-9-12(11)17-6-16-9/h3-4,7H,5-6H2,1-2H3,(H,13,14). The van der Waals surface area contributed by atoms with Crippen LogP contribution >= 0.6 is 0 Å². The number of benzene rings is 1. The molecule has 5 nitrogen and oxygen atoms in total. The van der Waals surface area contributed by atoms with Gasteiger partial charge in [0.25, 0.3) is 0 Å². The highest BCUT2D eigenvalue weighted by Gasteiger charge is 2.26. The Morgan fingerprint density at radius 1 is 1.53 bits per heavy atom. The van der Waals surface area contributed by atoms with Crippen LogP contribution in [0.4, 0.5) is 0 Å². The highest BCUT2D eigenvalue weighted by molar-refractivity contribution is 5.69. The zero-order valence-corrected chi connectivity index (χ0v) is 9.73. The molecule has 0 bridgehead atoms. The van der Waals surface area contributed by atoms with Gasteiger partial charge in [-0.1, -0.05) is 6.92 Å². The van der Waals surface area contributed by atoms with E-state index >= 15 is 0 Å². The summed E-state index contributed by atoms with van der Waals surface area (Å²) in [5, 5.41) is 8.84. The zero-order chi connectivity index (χ0) is 12.4. The number of ether oxygens (including phenoxy) is 3. The number of hydrogen-bond donors (Lipinski definition) is 1. The van der Waals surface area contributed by atoms with Crippen molar-refractivity contribution < 1.29 is 24.1 Å². The first-order valence-corrected chi connectivity index (χ1v) is 5.31. The monoisotopic (exact) mass is 238 g/mol. The predicted molar refractivity (Wildman–Crippen MR) is 59.8 cm³/mol. The molecule has 0 saturated carbocycles. The van der Waals surface area contributed by atoms with Gasteiger partial charge in [0.15, 0.2) is 11.5 Å². The van der Waals surface area contributed by atoms with E-state index < -0.39 is 5.97 Å². The number of hydrogen-bond acceptors (Lipinski definition) is 4. The van der Waals surface area contributed by atoms with Gasteiger partial charge in [0.1, 0.15) is 5.75 Å². The molecule has 5 heteroatoms. The maximum absolute atomic E-state index is 10.8. The summed E-state index contributed by atoms with van der Waals surface area (Å²) in [5.74, 6) is 0.814. The van der Waals surface area contributed by atoms with Crippen molar-refractivity contribution in [3.8, 4) is 17.2 Å². The van der Waals surface area contributed by atoms with Gasteiger partial charge in [-0.3, -0.25) is 4.79 Å². The fourth-order valence-electron chi connectivity index (χ4n) is 1.98. The maximum Gasteiger partial charge on any atom is 0.303 e. The molecule has 1 N–H and O–H groups in total. The Hall–Kier alpha value is -1.91. The molecule has 0 aliphatic carbocycles. The highest BCUT2D eigenvalue weighted by atomic mass is 16.7. The average molecular weight is 238 g/mol. The molecular weight excluding hydrogens is 224 g/mol. The Morgan fingerprint density at radius 3 is 2.94 bits per heavy atom. The van der Waals surface area contributed by atoms with Gasteiger partial charge in [-0.25, -0.2) is 0 Å². The molecule has 0 fully saturated rings. The molecule has 1 heterocycles. The number of methoxy groups -OCH3 is 1. The van der Waals surface area contributed by atoms with Crippen LogP contribution in [0.2, 0.25) is 0 Å². The Bertz CT molecular complexity index is 441. The molecule has 1 aromatic rings. The largest absolute Gasteiger partial charge is 0.496 e. The summed E-state index contributed by atoms with van der Waals surface area (Å²) in [7, 11) is 1.55. The first kappa shape index (κ1) is 11.6. The van der Waals surface area contributed by atoms with Gasteiger partial charge >= 0.3 is 5.97 Å². The lowest BCUT2D eigenvalue weighted by Crippen LogP contribution is -2.06. The second-order valence-electron chi connectivity index (χ2n) is 3.91. The van der Waals surface area contributed by atoms with Crippen molar-refractivity contribution in [2.45, 2.75) is 19.3 Å². The number of carbonyl (C=O) groups is 1. The van der Waals surface area contributed by atoms with Gasteiger partial charge in [0.05, 0.1) is 13.5 Å². The van der Waals surface area contributed by atoms with E-state index in [1.807, 2.05) is 6.92 Å². The van der Waals surface area contributed by atoms with Crippen LogP contribution in [0, 0.1) is 0 Å².